The summed E-state index contributed by atoms with van der Waals surface area (Å²) < 4.78 is 0. The standard InChI is InChI=1S/C14H19NS2/c1-9-7-13(17-12(9)4)8-15-11(3)14-6-5-10(2)16-14/h5-7,11,15H,8H2,1-4H3. The van der Waals surface area contributed by atoms with Crippen LogP contribution in [0.25, 0.3) is 0 Å². The van der Waals surface area contributed by atoms with E-state index in [1.807, 2.05) is 22.7 Å². The molecular formula is C14H19NS2. The summed E-state index contributed by atoms with van der Waals surface area (Å²) in [5, 5.41) is 3.59. The van der Waals surface area contributed by atoms with Crippen LogP contribution >= 0.6 is 22.7 Å². The molecule has 17 heavy (non-hydrogen) atoms. The fraction of sp³-hybridized carbons (Fsp3) is 0.429. The largest absolute Gasteiger partial charge is 0.305 e. The highest BCUT2D eigenvalue weighted by Gasteiger charge is 2.08. The van der Waals surface area contributed by atoms with E-state index >= 15 is 0 Å². The number of rotatable bonds is 4. The Morgan fingerprint density at radius 1 is 1.18 bits per heavy atom. The van der Waals surface area contributed by atoms with Crippen molar-refractivity contribution in [2.75, 3.05) is 0 Å². The molecule has 0 aliphatic rings. The third-order valence-electron chi connectivity index (χ3n) is 2.99. The zero-order chi connectivity index (χ0) is 12.4. The molecule has 3 heteroatoms. The molecule has 2 rings (SSSR count). The molecule has 0 saturated heterocycles. The molecule has 0 aliphatic carbocycles. The maximum atomic E-state index is 3.59. The van der Waals surface area contributed by atoms with Gasteiger partial charge in [-0.25, -0.2) is 0 Å². The molecule has 2 heterocycles. The van der Waals surface area contributed by atoms with Crippen molar-refractivity contribution in [2.24, 2.45) is 0 Å². The second kappa shape index (κ2) is 5.34. The van der Waals surface area contributed by atoms with E-state index in [9.17, 15) is 0 Å². The second-order valence-corrected chi connectivity index (χ2v) is 7.16. The van der Waals surface area contributed by atoms with E-state index in [2.05, 4.69) is 51.2 Å². The maximum absolute atomic E-state index is 3.59. The van der Waals surface area contributed by atoms with Crippen LogP contribution in [0.1, 0.15) is 38.0 Å². The first-order valence-corrected chi connectivity index (χ1v) is 7.55. The van der Waals surface area contributed by atoms with E-state index in [-0.39, 0.29) is 0 Å². The minimum absolute atomic E-state index is 0.441. The summed E-state index contributed by atoms with van der Waals surface area (Å²) in [5.41, 5.74) is 1.41. The second-order valence-electron chi connectivity index (χ2n) is 4.50. The lowest BCUT2D eigenvalue weighted by molar-refractivity contribution is 0.587. The number of nitrogens with one attached hydrogen (secondary N) is 1. The van der Waals surface area contributed by atoms with Crippen molar-refractivity contribution in [2.45, 2.75) is 40.3 Å². The van der Waals surface area contributed by atoms with Gasteiger partial charge in [0.2, 0.25) is 0 Å². The molecule has 0 radical (unpaired) electrons. The minimum atomic E-state index is 0.441. The summed E-state index contributed by atoms with van der Waals surface area (Å²) in [4.78, 5) is 5.67. The monoisotopic (exact) mass is 265 g/mol. The number of thiophene rings is 2. The van der Waals surface area contributed by atoms with Gasteiger partial charge in [0.1, 0.15) is 0 Å². The Labute approximate surface area is 112 Å². The summed E-state index contributed by atoms with van der Waals surface area (Å²) in [7, 11) is 0. The molecular weight excluding hydrogens is 246 g/mol. The molecule has 0 amide bonds. The Balaban J connectivity index is 1.94. The highest BCUT2D eigenvalue weighted by atomic mass is 32.1. The number of hydrogen-bond acceptors (Lipinski definition) is 3. The molecule has 1 atom stereocenters. The van der Waals surface area contributed by atoms with Gasteiger partial charge in [0.25, 0.3) is 0 Å². The Kier molecular flexibility index (Phi) is 4.02. The number of hydrogen-bond donors (Lipinski definition) is 1. The topological polar surface area (TPSA) is 12.0 Å². The van der Waals surface area contributed by atoms with E-state index in [0.29, 0.717) is 6.04 Å². The van der Waals surface area contributed by atoms with Gasteiger partial charge >= 0.3 is 0 Å². The van der Waals surface area contributed by atoms with E-state index in [1.165, 1.54) is 25.1 Å². The van der Waals surface area contributed by atoms with Gasteiger partial charge in [-0.3, -0.25) is 0 Å². The SMILES string of the molecule is Cc1ccc(C(C)NCc2cc(C)c(C)s2)s1. The Hall–Kier alpha value is -0.640. The molecule has 1 N–H and O–H groups in total. The van der Waals surface area contributed by atoms with Crippen molar-refractivity contribution < 1.29 is 0 Å². The van der Waals surface area contributed by atoms with Gasteiger partial charge in [-0.15, -0.1) is 22.7 Å². The van der Waals surface area contributed by atoms with Gasteiger partial charge in [0.15, 0.2) is 0 Å². The average molecular weight is 265 g/mol. The van der Waals surface area contributed by atoms with Gasteiger partial charge < -0.3 is 5.32 Å². The maximum Gasteiger partial charge on any atom is 0.0389 e. The van der Waals surface area contributed by atoms with Crippen LogP contribution in [0.2, 0.25) is 0 Å². The molecule has 0 aromatic carbocycles. The molecule has 1 nitrogen and oxygen atoms in total. The van der Waals surface area contributed by atoms with Crippen LogP contribution in [-0.2, 0) is 6.54 Å². The zero-order valence-electron chi connectivity index (χ0n) is 10.8. The minimum Gasteiger partial charge on any atom is -0.305 e. The first-order valence-electron chi connectivity index (χ1n) is 5.92. The van der Waals surface area contributed by atoms with Crippen LogP contribution in [-0.4, -0.2) is 0 Å². The highest BCUT2D eigenvalue weighted by molar-refractivity contribution is 7.12. The molecule has 0 aliphatic heterocycles. The summed E-state index contributed by atoms with van der Waals surface area (Å²) >= 11 is 3.78. The van der Waals surface area contributed by atoms with Gasteiger partial charge in [0, 0.05) is 32.1 Å². The lowest BCUT2D eigenvalue weighted by Gasteiger charge is -2.10. The van der Waals surface area contributed by atoms with Crippen molar-refractivity contribution in [3.8, 4) is 0 Å². The molecule has 0 spiro atoms. The van der Waals surface area contributed by atoms with Gasteiger partial charge in [0.05, 0.1) is 0 Å². The quantitative estimate of drug-likeness (QED) is 0.853. The first-order chi connectivity index (χ1) is 8.06. The van der Waals surface area contributed by atoms with Crippen molar-refractivity contribution in [3.05, 3.63) is 43.3 Å². The molecule has 1 unspecified atom stereocenters. The molecule has 92 valence electrons. The summed E-state index contributed by atoms with van der Waals surface area (Å²) in [6, 6.07) is 7.15. The third-order valence-corrected chi connectivity index (χ3v) is 5.32. The van der Waals surface area contributed by atoms with Crippen molar-refractivity contribution in [3.63, 3.8) is 0 Å². The van der Waals surface area contributed by atoms with Crippen LogP contribution < -0.4 is 5.32 Å². The third kappa shape index (κ3) is 3.18. The summed E-state index contributed by atoms with van der Waals surface area (Å²) in [6.07, 6.45) is 0. The Bertz CT molecular complexity index is 477. The fourth-order valence-corrected chi connectivity index (χ4v) is 3.69. The van der Waals surface area contributed by atoms with E-state index in [1.54, 1.807) is 0 Å². The summed E-state index contributed by atoms with van der Waals surface area (Å²) in [5.74, 6) is 0. The highest BCUT2D eigenvalue weighted by Crippen LogP contribution is 2.24. The van der Waals surface area contributed by atoms with Crippen LogP contribution in [0, 0.1) is 20.8 Å². The zero-order valence-corrected chi connectivity index (χ0v) is 12.5. The van der Waals surface area contributed by atoms with Crippen LogP contribution in [0.5, 0.6) is 0 Å². The predicted octanol–water partition coefficient (Wildman–Crippen LogP) is 4.59. The normalized spacial score (nSPS) is 12.9. The van der Waals surface area contributed by atoms with Crippen LogP contribution in [0.4, 0.5) is 0 Å². The van der Waals surface area contributed by atoms with Gasteiger partial charge in [-0.1, -0.05) is 0 Å². The van der Waals surface area contributed by atoms with Gasteiger partial charge in [-0.2, -0.15) is 0 Å². The van der Waals surface area contributed by atoms with Crippen LogP contribution in [0.15, 0.2) is 18.2 Å². The van der Waals surface area contributed by atoms with E-state index < -0.39 is 0 Å². The number of aryl methyl sites for hydroxylation is 3. The average Bonchev–Trinajstić information content (AvgIpc) is 2.83. The predicted molar refractivity (Wildman–Crippen MR) is 78.1 cm³/mol. The van der Waals surface area contributed by atoms with E-state index in [4.69, 9.17) is 0 Å². The van der Waals surface area contributed by atoms with Crippen molar-refractivity contribution >= 4 is 22.7 Å². The molecule has 0 fully saturated rings. The van der Waals surface area contributed by atoms with Crippen molar-refractivity contribution in [1.29, 1.82) is 0 Å². The summed E-state index contributed by atoms with van der Waals surface area (Å²) in [6.45, 7) is 9.74. The molecule has 0 saturated carbocycles. The lowest BCUT2D eigenvalue weighted by atomic mass is 10.2. The van der Waals surface area contributed by atoms with Gasteiger partial charge in [-0.05, 0) is 51.5 Å². The Morgan fingerprint density at radius 2 is 1.94 bits per heavy atom. The smallest absolute Gasteiger partial charge is 0.0389 e. The lowest BCUT2D eigenvalue weighted by Crippen LogP contribution is -2.16. The molecule has 2 aromatic heterocycles. The van der Waals surface area contributed by atoms with Crippen molar-refractivity contribution in [1.82, 2.24) is 5.32 Å². The van der Waals surface area contributed by atoms with Crippen LogP contribution in [0.3, 0.4) is 0 Å². The first kappa shape index (κ1) is 12.8. The molecule has 0 bridgehead atoms. The molecule has 2 aromatic rings. The van der Waals surface area contributed by atoms with E-state index in [0.717, 1.165) is 6.54 Å². The Morgan fingerprint density at radius 3 is 2.47 bits per heavy atom. The fourth-order valence-electron chi connectivity index (χ4n) is 1.78.